The fourth-order valence-electron chi connectivity index (χ4n) is 1.88. The van der Waals surface area contributed by atoms with Gasteiger partial charge in [0.2, 0.25) is 0 Å². The first-order valence-electron chi connectivity index (χ1n) is 6.14. The fourth-order valence-corrected chi connectivity index (χ4v) is 2.16. The Morgan fingerprint density at radius 1 is 1.36 bits per heavy atom. The molecule has 0 aliphatic rings. The zero-order valence-electron chi connectivity index (χ0n) is 11.2. The first kappa shape index (κ1) is 15.5. The molecule has 0 radical (unpaired) electrons. The van der Waals surface area contributed by atoms with Crippen LogP contribution in [-0.2, 0) is 0 Å². The average Bonchev–Trinajstić information content (AvgIpc) is 2.50. The highest BCUT2D eigenvalue weighted by Gasteiger charge is 2.26. The van der Waals surface area contributed by atoms with Crippen LogP contribution in [0.25, 0.3) is 6.08 Å². The number of hydrogen-bond acceptors (Lipinski definition) is 4. The van der Waals surface area contributed by atoms with Gasteiger partial charge in [-0.3, -0.25) is 14.9 Å². The molecule has 0 atom stereocenters. The standard InChI is InChI=1S/C15H11ClN2O4/c1-2-9-8-11(14(19)12(16)13(9)18(21)22)15(20)17-10-6-4-3-5-7-10/h2-8,19H,1H2,(H,17,20). The zero-order chi connectivity index (χ0) is 16.3. The van der Waals surface area contributed by atoms with Crippen molar-refractivity contribution in [2.75, 3.05) is 5.32 Å². The Hall–Kier alpha value is -2.86. The number of aromatic hydroxyl groups is 1. The minimum atomic E-state index is -0.738. The molecular weight excluding hydrogens is 308 g/mol. The van der Waals surface area contributed by atoms with E-state index in [0.29, 0.717) is 5.69 Å². The molecule has 0 saturated carbocycles. The van der Waals surface area contributed by atoms with Crippen molar-refractivity contribution in [3.05, 3.63) is 69.2 Å². The van der Waals surface area contributed by atoms with Gasteiger partial charge < -0.3 is 10.4 Å². The molecule has 2 N–H and O–H groups in total. The second-order valence-electron chi connectivity index (χ2n) is 4.31. The molecule has 112 valence electrons. The Labute approximate surface area is 130 Å². The number of hydrogen-bond donors (Lipinski definition) is 2. The molecule has 0 aliphatic heterocycles. The first-order chi connectivity index (χ1) is 10.5. The van der Waals surface area contributed by atoms with E-state index in [-0.39, 0.29) is 11.1 Å². The third-order valence-corrected chi connectivity index (χ3v) is 3.28. The second kappa shape index (κ2) is 6.28. The van der Waals surface area contributed by atoms with E-state index in [9.17, 15) is 20.0 Å². The van der Waals surface area contributed by atoms with Crippen molar-refractivity contribution in [3.63, 3.8) is 0 Å². The summed E-state index contributed by atoms with van der Waals surface area (Å²) in [5.41, 5.74) is -0.104. The second-order valence-corrected chi connectivity index (χ2v) is 4.68. The van der Waals surface area contributed by atoms with Gasteiger partial charge in [0.05, 0.1) is 16.1 Å². The van der Waals surface area contributed by atoms with Crippen LogP contribution < -0.4 is 5.32 Å². The number of nitro benzene ring substituents is 1. The van der Waals surface area contributed by atoms with E-state index in [0.717, 1.165) is 0 Å². The van der Waals surface area contributed by atoms with Crippen molar-refractivity contribution >= 4 is 35.0 Å². The van der Waals surface area contributed by atoms with Gasteiger partial charge in [-0.2, -0.15) is 0 Å². The number of carbonyl (C=O) groups is 1. The van der Waals surface area contributed by atoms with Crippen molar-refractivity contribution in [2.45, 2.75) is 0 Å². The molecule has 2 aromatic rings. The van der Waals surface area contributed by atoms with Gasteiger partial charge in [0.25, 0.3) is 11.6 Å². The molecule has 6 nitrogen and oxygen atoms in total. The summed E-state index contributed by atoms with van der Waals surface area (Å²) in [5, 5.41) is 23.0. The van der Waals surface area contributed by atoms with Gasteiger partial charge in [0.15, 0.2) is 10.8 Å². The van der Waals surface area contributed by atoms with E-state index in [1.165, 1.54) is 12.1 Å². The fraction of sp³-hybridized carbons (Fsp3) is 0. The molecule has 2 rings (SSSR count). The predicted octanol–water partition coefficient (Wildman–Crippen LogP) is 3.85. The van der Waals surface area contributed by atoms with Gasteiger partial charge in [-0.25, -0.2) is 0 Å². The Bertz CT molecular complexity index is 760. The average molecular weight is 319 g/mol. The summed E-state index contributed by atoms with van der Waals surface area (Å²) in [4.78, 5) is 22.5. The predicted molar refractivity (Wildman–Crippen MR) is 84.3 cm³/mol. The zero-order valence-corrected chi connectivity index (χ0v) is 12.0. The van der Waals surface area contributed by atoms with Crippen LogP contribution in [-0.4, -0.2) is 15.9 Å². The molecular formula is C15H11ClN2O4. The highest BCUT2D eigenvalue weighted by atomic mass is 35.5. The van der Waals surface area contributed by atoms with Gasteiger partial charge in [-0.15, -0.1) is 0 Å². The van der Waals surface area contributed by atoms with Crippen molar-refractivity contribution in [1.82, 2.24) is 0 Å². The van der Waals surface area contributed by atoms with Crippen molar-refractivity contribution in [2.24, 2.45) is 0 Å². The number of para-hydroxylation sites is 1. The van der Waals surface area contributed by atoms with Gasteiger partial charge >= 0.3 is 0 Å². The Kier molecular flexibility index (Phi) is 4.43. The van der Waals surface area contributed by atoms with Crippen LogP contribution >= 0.6 is 11.6 Å². The van der Waals surface area contributed by atoms with Crippen molar-refractivity contribution in [1.29, 1.82) is 0 Å². The molecule has 2 aromatic carbocycles. The third-order valence-electron chi connectivity index (χ3n) is 2.92. The Morgan fingerprint density at radius 2 is 2.00 bits per heavy atom. The lowest BCUT2D eigenvalue weighted by molar-refractivity contribution is -0.385. The molecule has 1 amide bonds. The molecule has 0 heterocycles. The van der Waals surface area contributed by atoms with Gasteiger partial charge in [-0.05, 0) is 18.2 Å². The number of amides is 1. The van der Waals surface area contributed by atoms with Crippen molar-refractivity contribution < 1.29 is 14.8 Å². The number of nitrogens with one attached hydrogen (secondary N) is 1. The molecule has 0 unspecified atom stereocenters. The molecule has 0 fully saturated rings. The number of anilines is 1. The molecule has 22 heavy (non-hydrogen) atoms. The number of rotatable bonds is 4. The summed E-state index contributed by atoms with van der Waals surface area (Å²) in [5.74, 6) is -1.28. The van der Waals surface area contributed by atoms with Crippen molar-refractivity contribution in [3.8, 4) is 5.75 Å². The smallest absolute Gasteiger partial charge is 0.298 e. The molecule has 0 bridgehead atoms. The lowest BCUT2D eigenvalue weighted by Crippen LogP contribution is -2.13. The summed E-state index contributed by atoms with van der Waals surface area (Å²) in [6, 6.07) is 9.74. The number of halogens is 1. The normalized spacial score (nSPS) is 10.0. The SMILES string of the molecule is C=Cc1cc(C(=O)Nc2ccccc2)c(O)c(Cl)c1[N+](=O)[O-]. The van der Waals surface area contributed by atoms with Gasteiger partial charge in [-0.1, -0.05) is 42.5 Å². The highest BCUT2D eigenvalue weighted by Crippen LogP contribution is 2.39. The van der Waals surface area contributed by atoms with Gasteiger partial charge in [0, 0.05) is 5.69 Å². The van der Waals surface area contributed by atoms with Crippen LogP contribution in [0.5, 0.6) is 5.75 Å². The van der Waals surface area contributed by atoms with E-state index in [2.05, 4.69) is 11.9 Å². The molecule has 7 heteroatoms. The van der Waals surface area contributed by atoms with Crippen LogP contribution in [0.4, 0.5) is 11.4 Å². The Balaban J connectivity index is 2.48. The number of nitrogens with zero attached hydrogens (tertiary/aromatic N) is 1. The number of phenolic OH excluding ortho intramolecular Hbond substituents is 1. The summed E-state index contributed by atoms with van der Waals surface area (Å²) >= 11 is 5.80. The third kappa shape index (κ3) is 2.91. The monoisotopic (exact) mass is 318 g/mol. The molecule has 0 saturated heterocycles. The molecule has 0 spiro atoms. The summed E-state index contributed by atoms with van der Waals surface area (Å²) in [7, 11) is 0. The number of benzene rings is 2. The topological polar surface area (TPSA) is 92.5 Å². The molecule has 0 aromatic heterocycles. The van der Waals surface area contributed by atoms with Crippen LogP contribution in [0.15, 0.2) is 43.0 Å². The van der Waals surface area contributed by atoms with E-state index >= 15 is 0 Å². The maximum atomic E-state index is 12.2. The van der Waals surface area contributed by atoms with E-state index in [1.807, 2.05) is 0 Å². The Morgan fingerprint density at radius 3 is 2.55 bits per heavy atom. The number of nitro groups is 1. The summed E-state index contributed by atoms with van der Waals surface area (Å²) in [6.45, 7) is 3.45. The molecule has 0 aliphatic carbocycles. The minimum Gasteiger partial charge on any atom is -0.505 e. The lowest BCUT2D eigenvalue weighted by Gasteiger charge is -2.10. The van der Waals surface area contributed by atoms with Gasteiger partial charge in [0.1, 0.15) is 0 Å². The van der Waals surface area contributed by atoms with Crippen LogP contribution in [0.1, 0.15) is 15.9 Å². The van der Waals surface area contributed by atoms with Crippen LogP contribution in [0, 0.1) is 10.1 Å². The largest absolute Gasteiger partial charge is 0.505 e. The quantitative estimate of drug-likeness (QED) is 0.661. The maximum absolute atomic E-state index is 12.2. The van der Waals surface area contributed by atoms with Crippen LogP contribution in [0.2, 0.25) is 5.02 Å². The van der Waals surface area contributed by atoms with Crippen LogP contribution in [0.3, 0.4) is 0 Å². The summed E-state index contributed by atoms with van der Waals surface area (Å²) < 4.78 is 0. The lowest BCUT2D eigenvalue weighted by atomic mass is 10.1. The first-order valence-corrected chi connectivity index (χ1v) is 6.52. The minimum absolute atomic E-state index is 0.0472. The summed E-state index contributed by atoms with van der Waals surface area (Å²) in [6.07, 6.45) is 1.20. The highest BCUT2D eigenvalue weighted by molar-refractivity contribution is 6.35. The number of carbonyl (C=O) groups excluding carboxylic acids is 1. The van der Waals surface area contributed by atoms with E-state index in [4.69, 9.17) is 11.6 Å². The maximum Gasteiger partial charge on any atom is 0.298 e. The number of phenols is 1. The van der Waals surface area contributed by atoms with E-state index < -0.39 is 27.3 Å². The van der Waals surface area contributed by atoms with E-state index in [1.54, 1.807) is 30.3 Å².